The van der Waals surface area contributed by atoms with Crippen LogP contribution in [0.5, 0.6) is 0 Å². The third kappa shape index (κ3) is 3.05. The van der Waals surface area contributed by atoms with Gasteiger partial charge < -0.3 is 0 Å². The minimum Gasteiger partial charge on any atom is -0.298 e. The first-order valence-corrected chi connectivity index (χ1v) is 6.83. The van der Waals surface area contributed by atoms with Gasteiger partial charge in [-0.05, 0) is 29.7 Å². The minimum atomic E-state index is -0.511. The van der Waals surface area contributed by atoms with Crippen LogP contribution in [0.25, 0.3) is 11.3 Å². The zero-order valence-corrected chi connectivity index (χ0v) is 12.2. The van der Waals surface area contributed by atoms with Crippen LogP contribution in [0.4, 0.5) is 0 Å². The van der Waals surface area contributed by atoms with E-state index in [0.717, 1.165) is 12.0 Å². The summed E-state index contributed by atoms with van der Waals surface area (Å²) < 4.78 is 1.25. The molecule has 0 saturated heterocycles. The molecule has 0 atom stereocenters. The van der Waals surface area contributed by atoms with E-state index in [9.17, 15) is 9.59 Å². The van der Waals surface area contributed by atoms with Crippen molar-refractivity contribution in [2.24, 2.45) is 5.84 Å². The van der Waals surface area contributed by atoms with Crippen LogP contribution in [0.3, 0.4) is 0 Å². The highest BCUT2D eigenvalue weighted by Gasteiger charge is 2.13. The van der Waals surface area contributed by atoms with Crippen molar-refractivity contribution in [1.82, 2.24) is 9.99 Å². The van der Waals surface area contributed by atoms with Crippen LogP contribution in [0.15, 0.2) is 41.2 Å². The molecule has 2 aromatic rings. The number of carbonyl (C=O) groups excluding carboxylic acids is 1. The number of nitrogens with one attached hydrogen (secondary N) is 1. The van der Waals surface area contributed by atoms with E-state index in [2.05, 4.69) is 6.92 Å². The lowest BCUT2D eigenvalue weighted by atomic mass is 10.1. The molecule has 0 aliphatic carbocycles. The highest BCUT2D eigenvalue weighted by molar-refractivity contribution is 5.76. The van der Waals surface area contributed by atoms with Gasteiger partial charge >= 0.3 is 0 Å². The van der Waals surface area contributed by atoms with Gasteiger partial charge in [-0.3, -0.25) is 19.6 Å². The van der Waals surface area contributed by atoms with Gasteiger partial charge in [0.1, 0.15) is 18.2 Å². The van der Waals surface area contributed by atoms with Crippen molar-refractivity contribution < 1.29 is 4.79 Å². The number of carbonyl (C=O) groups is 1. The van der Waals surface area contributed by atoms with E-state index in [1.807, 2.05) is 35.8 Å². The second kappa shape index (κ2) is 6.70. The quantitative estimate of drug-likeness (QED) is 0.498. The number of nitrogens with zero attached hydrogens (tertiary/aromatic N) is 2. The summed E-state index contributed by atoms with van der Waals surface area (Å²) in [6, 6.07) is 12.6. The molecule has 1 heterocycles. The Morgan fingerprint density at radius 1 is 1.27 bits per heavy atom. The van der Waals surface area contributed by atoms with E-state index in [4.69, 9.17) is 11.1 Å². The molecule has 0 bridgehead atoms. The van der Waals surface area contributed by atoms with Crippen LogP contribution in [-0.4, -0.2) is 10.5 Å². The predicted octanol–water partition coefficient (Wildman–Crippen LogP) is 0.939. The number of hydrazine groups is 1. The first kappa shape index (κ1) is 15.5. The number of hydrogen-bond donors (Lipinski definition) is 2. The molecule has 0 radical (unpaired) electrons. The Morgan fingerprint density at radius 2 is 1.95 bits per heavy atom. The van der Waals surface area contributed by atoms with E-state index >= 15 is 0 Å². The normalized spacial score (nSPS) is 10.0. The lowest BCUT2D eigenvalue weighted by molar-refractivity contribution is -0.121. The van der Waals surface area contributed by atoms with Crippen molar-refractivity contribution in [3.63, 3.8) is 0 Å². The highest BCUT2D eigenvalue weighted by atomic mass is 16.2. The number of hydrogen-bond acceptors (Lipinski definition) is 4. The van der Waals surface area contributed by atoms with Gasteiger partial charge in [0.2, 0.25) is 0 Å². The van der Waals surface area contributed by atoms with E-state index in [1.54, 1.807) is 6.07 Å². The van der Waals surface area contributed by atoms with E-state index in [0.29, 0.717) is 5.69 Å². The largest absolute Gasteiger partial charge is 0.298 e. The van der Waals surface area contributed by atoms with Gasteiger partial charge in [0.05, 0.1) is 5.69 Å². The Morgan fingerprint density at radius 3 is 2.50 bits per heavy atom. The SMILES string of the molecule is CCc1ccc(-c2ccc(C#N)c(=O)n2CC(=O)NN)cc1. The monoisotopic (exact) mass is 296 g/mol. The Labute approximate surface area is 127 Å². The third-order valence-corrected chi connectivity index (χ3v) is 3.42. The molecule has 0 aliphatic rings. The Bertz CT molecular complexity index is 785. The summed E-state index contributed by atoms with van der Waals surface area (Å²) in [4.78, 5) is 23.8. The standard InChI is InChI=1S/C16H16N4O2/c1-2-11-3-5-12(6-4-11)14-8-7-13(9-17)16(22)20(14)10-15(21)19-18/h3-8H,2,10,18H2,1H3,(H,19,21). The van der Waals surface area contributed by atoms with Crippen molar-refractivity contribution >= 4 is 5.91 Å². The summed E-state index contributed by atoms with van der Waals surface area (Å²) in [6.07, 6.45) is 0.913. The summed E-state index contributed by atoms with van der Waals surface area (Å²) in [6.45, 7) is 1.81. The van der Waals surface area contributed by atoms with Crippen molar-refractivity contribution in [2.45, 2.75) is 19.9 Å². The molecule has 0 spiro atoms. The minimum absolute atomic E-state index is 0.0150. The number of aryl methyl sites for hydroxylation is 1. The fraction of sp³-hybridized carbons (Fsp3) is 0.188. The first-order chi connectivity index (χ1) is 10.6. The number of nitrogens with two attached hydrogens (primary N) is 1. The number of pyridine rings is 1. The fourth-order valence-electron chi connectivity index (χ4n) is 2.17. The maximum atomic E-state index is 12.3. The van der Waals surface area contributed by atoms with Crippen molar-refractivity contribution in [3.05, 3.63) is 57.9 Å². The summed E-state index contributed by atoms with van der Waals surface area (Å²) >= 11 is 0. The van der Waals surface area contributed by atoms with Gasteiger partial charge in [0.25, 0.3) is 11.5 Å². The molecule has 0 aliphatic heterocycles. The lowest BCUT2D eigenvalue weighted by Crippen LogP contribution is -2.37. The predicted molar refractivity (Wildman–Crippen MR) is 82.6 cm³/mol. The summed E-state index contributed by atoms with van der Waals surface area (Å²) in [5.41, 5.74) is 4.00. The fourth-order valence-corrected chi connectivity index (χ4v) is 2.17. The highest BCUT2D eigenvalue weighted by Crippen LogP contribution is 2.19. The Balaban J connectivity index is 2.58. The summed E-state index contributed by atoms with van der Waals surface area (Å²) in [7, 11) is 0. The van der Waals surface area contributed by atoms with Crippen molar-refractivity contribution in [1.29, 1.82) is 5.26 Å². The number of amides is 1. The second-order valence-corrected chi connectivity index (χ2v) is 4.75. The number of rotatable bonds is 4. The molecule has 0 fully saturated rings. The topological polar surface area (TPSA) is 101 Å². The van der Waals surface area contributed by atoms with Gasteiger partial charge in [-0.2, -0.15) is 5.26 Å². The van der Waals surface area contributed by atoms with E-state index < -0.39 is 11.5 Å². The molecule has 0 unspecified atom stereocenters. The van der Waals surface area contributed by atoms with Gasteiger partial charge in [-0.1, -0.05) is 31.2 Å². The third-order valence-electron chi connectivity index (χ3n) is 3.42. The summed E-state index contributed by atoms with van der Waals surface area (Å²) in [5, 5.41) is 8.98. The molecule has 1 aromatic carbocycles. The molecule has 0 saturated carbocycles. The second-order valence-electron chi connectivity index (χ2n) is 4.75. The Kier molecular flexibility index (Phi) is 4.71. The van der Waals surface area contributed by atoms with Gasteiger partial charge in [-0.15, -0.1) is 0 Å². The average molecular weight is 296 g/mol. The van der Waals surface area contributed by atoms with Gasteiger partial charge in [0.15, 0.2) is 0 Å². The smallest absolute Gasteiger partial charge is 0.269 e. The molecule has 2 rings (SSSR count). The van der Waals surface area contributed by atoms with E-state index in [-0.39, 0.29) is 12.1 Å². The molecule has 6 nitrogen and oxygen atoms in total. The first-order valence-electron chi connectivity index (χ1n) is 6.83. The number of nitriles is 1. The van der Waals surface area contributed by atoms with Crippen LogP contribution in [0.2, 0.25) is 0 Å². The van der Waals surface area contributed by atoms with Crippen LogP contribution in [0.1, 0.15) is 18.1 Å². The van der Waals surface area contributed by atoms with Crippen LogP contribution in [-0.2, 0) is 17.8 Å². The molecule has 1 aromatic heterocycles. The molecular weight excluding hydrogens is 280 g/mol. The summed E-state index contributed by atoms with van der Waals surface area (Å²) in [5.74, 6) is 4.58. The zero-order chi connectivity index (χ0) is 16.1. The molecule has 112 valence electrons. The van der Waals surface area contributed by atoms with Crippen molar-refractivity contribution in [3.8, 4) is 17.3 Å². The van der Waals surface area contributed by atoms with Crippen LogP contribution < -0.4 is 16.8 Å². The zero-order valence-electron chi connectivity index (χ0n) is 12.2. The van der Waals surface area contributed by atoms with E-state index in [1.165, 1.54) is 16.2 Å². The molecule has 6 heteroatoms. The molecule has 22 heavy (non-hydrogen) atoms. The number of benzene rings is 1. The number of aromatic nitrogens is 1. The maximum absolute atomic E-state index is 12.3. The maximum Gasteiger partial charge on any atom is 0.269 e. The van der Waals surface area contributed by atoms with Gasteiger partial charge in [-0.25, -0.2) is 5.84 Å². The van der Waals surface area contributed by atoms with Crippen LogP contribution in [0, 0.1) is 11.3 Å². The van der Waals surface area contributed by atoms with Gasteiger partial charge in [0, 0.05) is 0 Å². The van der Waals surface area contributed by atoms with Crippen LogP contribution >= 0.6 is 0 Å². The molecular formula is C16H16N4O2. The average Bonchev–Trinajstić information content (AvgIpc) is 2.56. The van der Waals surface area contributed by atoms with Crippen molar-refractivity contribution in [2.75, 3.05) is 0 Å². The molecule has 1 amide bonds. The lowest BCUT2D eigenvalue weighted by Gasteiger charge is -2.13. The Hall–Kier alpha value is -2.91. The molecule has 3 N–H and O–H groups in total.